The fourth-order valence-electron chi connectivity index (χ4n) is 2.88. The number of thiophene rings is 1. The second-order valence-electron chi connectivity index (χ2n) is 5.68. The minimum absolute atomic E-state index is 0.154. The highest BCUT2D eigenvalue weighted by Crippen LogP contribution is 2.39. The standard InChI is InChI=1S/C19H16N4OS/c1-21-16(24)5-4-13-9-23-19(20)17-14(10-25-18(13)17)12-3-2-11-6-7-22-15(11)8-12/h2-10,22H,1H3,(H2,20,23)(H,21,24)/b5-4+. The summed E-state index contributed by atoms with van der Waals surface area (Å²) in [4.78, 5) is 19.0. The normalized spacial score (nSPS) is 11.6. The third-order valence-electron chi connectivity index (χ3n) is 4.18. The molecule has 124 valence electrons. The molecule has 1 amide bonds. The van der Waals surface area contributed by atoms with E-state index in [0.717, 1.165) is 32.3 Å². The number of aromatic nitrogens is 2. The fraction of sp³-hybridized carbons (Fsp3) is 0.0526. The van der Waals surface area contributed by atoms with Crippen molar-refractivity contribution in [3.8, 4) is 11.1 Å². The van der Waals surface area contributed by atoms with Gasteiger partial charge in [-0.15, -0.1) is 11.3 Å². The van der Waals surface area contributed by atoms with Gasteiger partial charge in [0.1, 0.15) is 5.82 Å². The lowest BCUT2D eigenvalue weighted by atomic mass is 10.0. The number of fused-ring (bicyclic) bond motifs is 2. The molecule has 1 aromatic carbocycles. The van der Waals surface area contributed by atoms with E-state index in [4.69, 9.17) is 5.73 Å². The Balaban J connectivity index is 1.88. The highest BCUT2D eigenvalue weighted by molar-refractivity contribution is 7.18. The van der Waals surface area contributed by atoms with Crippen LogP contribution in [-0.4, -0.2) is 22.9 Å². The summed E-state index contributed by atoms with van der Waals surface area (Å²) in [7, 11) is 1.60. The Morgan fingerprint density at radius 1 is 1.36 bits per heavy atom. The van der Waals surface area contributed by atoms with Crippen molar-refractivity contribution in [1.82, 2.24) is 15.3 Å². The molecule has 4 rings (SSSR count). The smallest absolute Gasteiger partial charge is 0.243 e. The molecule has 0 saturated carbocycles. The third-order valence-corrected chi connectivity index (χ3v) is 5.21. The van der Waals surface area contributed by atoms with Crippen molar-refractivity contribution >= 4 is 50.1 Å². The van der Waals surface area contributed by atoms with Crippen molar-refractivity contribution in [1.29, 1.82) is 0 Å². The number of nitrogens with one attached hydrogen (secondary N) is 2. The van der Waals surface area contributed by atoms with Gasteiger partial charge in [0.2, 0.25) is 5.91 Å². The van der Waals surface area contributed by atoms with E-state index in [-0.39, 0.29) is 5.91 Å². The highest BCUT2D eigenvalue weighted by atomic mass is 32.1. The van der Waals surface area contributed by atoms with Crippen LogP contribution >= 0.6 is 11.3 Å². The molecule has 0 spiro atoms. The predicted molar refractivity (Wildman–Crippen MR) is 104 cm³/mol. The third kappa shape index (κ3) is 2.66. The average molecular weight is 348 g/mol. The molecule has 25 heavy (non-hydrogen) atoms. The number of carbonyl (C=O) groups excluding carboxylic acids is 1. The van der Waals surface area contributed by atoms with Crippen LogP contribution in [0.5, 0.6) is 0 Å². The lowest BCUT2D eigenvalue weighted by molar-refractivity contribution is -0.115. The van der Waals surface area contributed by atoms with Gasteiger partial charge >= 0.3 is 0 Å². The minimum Gasteiger partial charge on any atom is -0.383 e. The van der Waals surface area contributed by atoms with E-state index in [1.807, 2.05) is 12.3 Å². The van der Waals surface area contributed by atoms with E-state index in [9.17, 15) is 4.79 Å². The molecule has 0 radical (unpaired) electrons. The van der Waals surface area contributed by atoms with Crippen LogP contribution in [-0.2, 0) is 4.79 Å². The number of amides is 1. The number of nitrogens with zero attached hydrogens (tertiary/aromatic N) is 1. The fourth-order valence-corrected chi connectivity index (χ4v) is 3.96. The molecule has 0 aliphatic heterocycles. The number of anilines is 1. The second-order valence-corrected chi connectivity index (χ2v) is 6.56. The van der Waals surface area contributed by atoms with Crippen LogP contribution in [0.25, 0.3) is 38.2 Å². The molecule has 4 aromatic rings. The number of nitrogens with two attached hydrogens (primary N) is 1. The largest absolute Gasteiger partial charge is 0.383 e. The van der Waals surface area contributed by atoms with Crippen molar-refractivity contribution in [2.24, 2.45) is 0 Å². The van der Waals surface area contributed by atoms with Crippen molar-refractivity contribution in [3.05, 3.63) is 53.7 Å². The molecule has 0 unspecified atom stereocenters. The molecule has 6 heteroatoms. The van der Waals surface area contributed by atoms with Crippen LogP contribution in [0, 0.1) is 0 Å². The maximum Gasteiger partial charge on any atom is 0.243 e. The number of nitrogen functional groups attached to an aromatic ring is 1. The zero-order chi connectivity index (χ0) is 17.4. The van der Waals surface area contributed by atoms with E-state index >= 15 is 0 Å². The Labute approximate surface area is 148 Å². The van der Waals surface area contributed by atoms with E-state index in [2.05, 4.69) is 38.9 Å². The summed E-state index contributed by atoms with van der Waals surface area (Å²) in [6, 6.07) is 8.33. The van der Waals surface area contributed by atoms with Gasteiger partial charge in [0, 0.05) is 52.2 Å². The number of carbonyl (C=O) groups is 1. The zero-order valence-corrected chi connectivity index (χ0v) is 14.4. The van der Waals surface area contributed by atoms with Crippen LogP contribution in [0.1, 0.15) is 5.56 Å². The van der Waals surface area contributed by atoms with Crippen LogP contribution < -0.4 is 11.1 Å². The number of benzene rings is 1. The first-order chi connectivity index (χ1) is 12.2. The number of pyridine rings is 1. The number of likely N-dealkylation sites (N-methyl/N-ethyl adjacent to an activating group) is 1. The summed E-state index contributed by atoms with van der Waals surface area (Å²) in [5.41, 5.74) is 10.3. The van der Waals surface area contributed by atoms with Gasteiger partial charge in [-0.25, -0.2) is 4.98 Å². The first-order valence-electron chi connectivity index (χ1n) is 7.80. The Morgan fingerprint density at radius 3 is 3.08 bits per heavy atom. The first-order valence-corrected chi connectivity index (χ1v) is 8.68. The maximum atomic E-state index is 11.5. The van der Waals surface area contributed by atoms with Gasteiger partial charge in [-0.1, -0.05) is 12.1 Å². The summed E-state index contributed by atoms with van der Waals surface area (Å²) in [6.45, 7) is 0. The molecule has 0 fully saturated rings. The number of hydrogen-bond acceptors (Lipinski definition) is 4. The molecular formula is C19H16N4OS. The van der Waals surface area contributed by atoms with Crippen LogP contribution in [0.4, 0.5) is 5.82 Å². The van der Waals surface area contributed by atoms with Crippen LogP contribution in [0.3, 0.4) is 0 Å². The number of rotatable bonds is 3. The minimum atomic E-state index is -0.154. The lowest BCUT2D eigenvalue weighted by Crippen LogP contribution is -2.13. The summed E-state index contributed by atoms with van der Waals surface area (Å²) >= 11 is 1.60. The van der Waals surface area contributed by atoms with Crippen molar-refractivity contribution in [2.45, 2.75) is 0 Å². The molecule has 0 aliphatic carbocycles. The van der Waals surface area contributed by atoms with Gasteiger partial charge < -0.3 is 16.0 Å². The van der Waals surface area contributed by atoms with Gasteiger partial charge in [-0.3, -0.25) is 4.79 Å². The van der Waals surface area contributed by atoms with Crippen molar-refractivity contribution in [3.63, 3.8) is 0 Å². The summed E-state index contributed by atoms with van der Waals surface area (Å²) < 4.78 is 1.02. The summed E-state index contributed by atoms with van der Waals surface area (Å²) in [5, 5.41) is 6.75. The SMILES string of the molecule is CNC(=O)/C=C/c1cnc(N)c2c(-c3ccc4cc[nH]c4c3)csc12. The van der Waals surface area contributed by atoms with E-state index in [0.29, 0.717) is 5.82 Å². The van der Waals surface area contributed by atoms with Crippen LogP contribution in [0.15, 0.2) is 48.1 Å². The quantitative estimate of drug-likeness (QED) is 0.493. The second kappa shape index (κ2) is 6.07. The van der Waals surface area contributed by atoms with Gasteiger partial charge in [-0.05, 0) is 34.5 Å². The molecule has 3 heterocycles. The Kier molecular flexibility index (Phi) is 3.74. The van der Waals surface area contributed by atoms with E-state index in [1.54, 1.807) is 30.7 Å². The predicted octanol–water partition coefficient (Wildman–Crippen LogP) is 3.79. The van der Waals surface area contributed by atoms with E-state index < -0.39 is 0 Å². The van der Waals surface area contributed by atoms with Gasteiger partial charge in [0.15, 0.2) is 0 Å². The molecule has 5 nitrogen and oxygen atoms in total. The Morgan fingerprint density at radius 2 is 2.24 bits per heavy atom. The molecule has 0 atom stereocenters. The highest BCUT2D eigenvalue weighted by Gasteiger charge is 2.13. The molecule has 3 aromatic heterocycles. The zero-order valence-electron chi connectivity index (χ0n) is 13.5. The monoisotopic (exact) mass is 348 g/mol. The summed E-state index contributed by atoms with van der Waals surface area (Å²) in [5.74, 6) is 0.342. The van der Waals surface area contributed by atoms with Gasteiger partial charge in [-0.2, -0.15) is 0 Å². The number of hydrogen-bond donors (Lipinski definition) is 3. The maximum absolute atomic E-state index is 11.5. The number of H-pyrrole nitrogens is 1. The van der Waals surface area contributed by atoms with Crippen LogP contribution in [0.2, 0.25) is 0 Å². The topological polar surface area (TPSA) is 83.8 Å². The van der Waals surface area contributed by atoms with Crippen molar-refractivity contribution < 1.29 is 4.79 Å². The number of aromatic amines is 1. The van der Waals surface area contributed by atoms with E-state index in [1.165, 1.54) is 11.5 Å². The molecule has 0 saturated heterocycles. The molecule has 0 bridgehead atoms. The molecular weight excluding hydrogens is 332 g/mol. The molecule has 4 N–H and O–H groups in total. The first kappa shape index (κ1) is 15.4. The molecule has 0 aliphatic rings. The van der Waals surface area contributed by atoms with Crippen molar-refractivity contribution in [2.75, 3.05) is 12.8 Å². The Hall–Kier alpha value is -3.12. The average Bonchev–Trinajstić information content (AvgIpc) is 3.27. The lowest BCUT2D eigenvalue weighted by Gasteiger charge is -2.04. The van der Waals surface area contributed by atoms with Gasteiger partial charge in [0.25, 0.3) is 0 Å². The van der Waals surface area contributed by atoms with Gasteiger partial charge in [0.05, 0.1) is 0 Å². The summed E-state index contributed by atoms with van der Waals surface area (Å²) in [6.07, 6.45) is 6.89. The Bertz CT molecular complexity index is 1120.